The zero-order chi connectivity index (χ0) is 19.2. The Labute approximate surface area is 159 Å². The van der Waals surface area contributed by atoms with Crippen LogP contribution in [0.15, 0.2) is 78.9 Å². The minimum Gasteiger partial charge on any atom is -0.324 e. The smallest absolute Gasteiger partial charge is 0.282 e. The molecule has 1 unspecified atom stereocenters. The summed E-state index contributed by atoms with van der Waals surface area (Å²) in [5, 5.41) is 3.05. The van der Waals surface area contributed by atoms with E-state index in [-0.39, 0.29) is 17.8 Å². The molecule has 2 atom stereocenters. The molecule has 3 rings (SSSR count). The van der Waals surface area contributed by atoms with E-state index in [1.165, 1.54) is 12.1 Å². The molecule has 0 saturated carbocycles. The molecule has 1 amide bonds. The van der Waals surface area contributed by atoms with Crippen LogP contribution < -0.4 is 10.2 Å². The monoisotopic (exact) mass is 363 g/mol. The van der Waals surface area contributed by atoms with E-state index >= 15 is 0 Å². The molecule has 0 aliphatic rings. The molecule has 3 aromatic carbocycles. The van der Waals surface area contributed by atoms with Gasteiger partial charge in [0, 0.05) is 16.8 Å². The van der Waals surface area contributed by atoms with Crippen LogP contribution in [-0.4, -0.2) is 19.0 Å². The molecule has 0 aliphatic heterocycles. The fraction of sp³-hybridized carbons (Fsp3) is 0.174. The number of halogens is 1. The van der Waals surface area contributed by atoms with Crippen LogP contribution in [-0.2, 0) is 11.3 Å². The van der Waals surface area contributed by atoms with Crippen LogP contribution >= 0.6 is 0 Å². The first-order chi connectivity index (χ1) is 13.0. The summed E-state index contributed by atoms with van der Waals surface area (Å²) in [4.78, 5) is 13.8. The zero-order valence-electron chi connectivity index (χ0n) is 15.6. The average molecular weight is 363 g/mol. The van der Waals surface area contributed by atoms with Gasteiger partial charge in [0.25, 0.3) is 5.91 Å². The second-order valence-corrected chi connectivity index (χ2v) is 6.78. The summed E-state index contributed by atoms with van der Waals surface area (Å²) < 4.78 is 13.4. The number of hydrogen-bond acceptors (Lipinski definition) is 1. The molecule has 0 aromatic heterocycles. The Balaban J connectivity index is 1.72. The van der Waals surface area contributed by atoms with Crippen molar-refractivity contribution in [2.75, 3.05) is 12.4 Å². The van der Waals surface area contributed by atoms with Crippen molar-refractivity contribution in [1.29, 1.82) is 0 Å². The molecule has 0 fully saturated rings. The highest BCUT2D eigenvalue weighted by atomic mass is 19.1. The van der Waals surface area contributed by atoms with Crippen molar-refractivity contribution in [3.05, 3.63) is 90.2 Å². The topological polar surface area (TPSA) is 33.5 Å². The van der Waals surface area contributed by atoms with Gasteiger partial charge >= 0.3 is 0 Å². The van der Waals surface area contributed by atoms with Crippen molar-refractivity contribution in [1.82, 2.24) is 0 Å². The maximum Gasteiger partial charge on any atom is 0.282 e. The van der Waals surface area contributed by atoms with Crippen LogP contribution in [0.25, 0.3) is 11.1 Å². The van der Waals surface area contributed by atoms with Crippen LogP contribution in [0, 0.1) is 5.82 Å². The Bertz CT molecular complexity index is 911. The van der Waals surface area contributed by atoms with Crippen molar-refractivity contribution < 1.29 is 14.1 Å². The summed E-state index contributed by atoms with van der Waals surface area (Å²) in [6.45, 7) is 2.46. The number of carbonyl (C=O) groups is 1. The lowest BCUT2D eigenvalue weighted by Gasteiger charge is -2.22. The first-order valence-electron chi connectivity index (χ1n) is 9.06. The second-order valence-electron chi connectivity index (χ2n) is 6.78. The van der Waals surface area contributed by atoms with Crippen LogP contribution in [0.2, 0.25) is 0 Å². The van der Waals surface area contributed by atoms with E-state index in [0.717, 1.165) is 27.3 Å². The minimum atomic E-state index is -0.280. The van der Waals surface area contributed by atoms with E-state index in [0.29, 0.717) is 6.54 Å². The van der Waals surface area contributed by atoms with Gasteiger partial charge in [-0.1, -0.05) is 60.7 Å². The fourth-order valence-corrected chi connectivity index (χ4v) is 3.05. The number of amides is 1. The molecule has 2 N–H and O–H groups in total. The van der Waals surface area contributed by atoms with Crippen LogP contribution in [0.3, 0.4) is 0 Å². The number of benzene rings is 3. The molecular formula is C23H24FN2O+. The third kappa shape index (κ3) is 4.80. The van der Waals surface area contributed by atoms with Gasteiger partial charge in [0.15, 0.2) is 6.04 Å². The lowest BCUT2D eigenvalue weighted by molar-refractivity contribution is -0.907. The molecule has 0 spiro atoms. The van der Waals surface area contributed by atoms with Crippen molar-refractivity contribution in [3.8, 4) is 11.1 Å². The SMILES string of the molecule is C[C@@H](C(=O)Nc1ccccc1-c1ccccc1)[NH+](C)Cc1cccc(F)c1. The normalized spacial score (nSPS) is 13.0. The van der Waals surface area contributed by atoms with Gasteiger partial charge in [-0.15, -0.1) is 0 Å². The molecule has 0 heterocycles. The molecule has 3 aromatic rings. The van der Waals surface area contributed by atoms with Crippen molar-refractivity contribution >= 4 is 11.6 Å². The third-order valence-corrected chi connectivity index (χ3v) is 4.77. The summed E-state index contributed by atoms with van der Waals surface area (Å²) in [5.74, 6) is -0.318. The quantitative estimate of drug-likeness (QED) is 0.690. The number of para-hydroxylation sites is 1. The largest absolute Gasteiger partial charge is 0.324 e. The Morgan fingerprint density at radius 1 is 1.00 bits per heavy atom. The van der Waals surface area contributed by atoms with Crippen molar-refractivity contribution in [3.63, 3.8) is 0 Å². The fourth-order valence-electron chi connectivity index (χ4n) is 3.05. The van der Waals surface area contributed by atoms with Gasteiger partial charge in [-0.3, -0.25) is 4.79 Å². The number of quaternary nitrogens is 1. The number of rotatable bonds is 6. The van der Waals surface area contributed by atoms with Crippen molar-refractivity contribution in [2.24, 2.45) is 0 Å². The first-order valence-corrected chi connectivity index (χ1v) is 9.06. The highest BCUT2D eigenvalue weighted by Crippen LogP contribution is 2.27. The second kappa shape index (κ2) is 8.60. The number of anilines is 1. The van der Waals surface area contributed by atoms with Gasteiger partial charge in [0.2, 0.25) is 0 Å². The summed E-state index contributed by atoms with van der Waals surface area (Å²) in [6, 6.07) is 24.0. The maximum atomic E-state index is 13.4. The van der Waals surface area contributed by atoms with E-state index in [4.69, 9.17) is 0 Å². The van der Waals surface area contributed by atoms with Crippen LogP contribution in [0.5, 0.6) is 0 Å². The van der Waals surface area contributed by atoms with E-state index < -0.39 is 0 Å². The molecule has 138 valence electrons. The number of carbonyl (C=O) groups excluding carboxylic acids is 1. The van der Waals surface area contributed by atoms with Crippen LogP contribution in [0.4, 0.5) is 10.1 Å². The van der Waals surface area contributed by atoms with E-state index in [9.17, 15) is 9.18 Å². The number of hydrogen-bond donors (Lipinski definition) is 2. The van der Waals surface area contributed by atoms with E-state index in [2.05, 4.69) is 5.32 Å². The van der Waals surface area contributed by atoms with Gasteiger partial charge in [0.1, 0.15) is 12.4 Å². The Hall–Kier alpha value is -2.98. The highest BCUT2D eigenvalue weighted by molar-refractivity contribution is 5.97. The molecule has 27 heavy (non-hydrogen) atoms. The van der Waals surface area contributed by atoms with Crippen molar-refractivity contribution in [2.45, 2.75) is 19.5 Å². The predicted octanol–water partition coefficient (Wildman–Crippen LogP) is 3.53. The molecule has 3 nitrogen and oxygen atoms in total. The summed E-state index contributed by atoms with van der Waals surface area (Å²) >= 11 is 0. The average Bonchev–Trinajstić information content (AvgIpc) is 2.68. The van der Waals surface area contributed by atoms with E-state index in [1.54, 1.807) is 6.07 Å². The lowest BCUT2D eigenvalue weighted by Crippen LogP contribution is -3.12. The molecule has 4 heteroatoms. The number of nitrogens with one attached hydrogen (secondary N) is 2. The van der Waals surface area contributed by atoms with E-state index in [1.807, 2.05) is 74.6 Å². The van der Waals surface area contributed by atoms with Gasteiger partial charge in [-0.2, -0.15) is 0 Å². The molecule has 0 aliphatic carbocycles. The molecule has 0 radical (unpaired) electrons. The number of likely N-dealkylation sites (N-methyl/N-ethyl adjacent to an activating group) is 1. The van der Waals surface area contributed by atoms with Gasteiger partial charge in [0.05, 0.1) is 7.05 Å². The molecule has 0 saturated heterocycles. The van der Waals surface area contributed by atoms with Gasteiger partial charge in [-0.25, -0.2) is 4.39 Å². The molecular weight excluding hydrogens is 339 g/mol. The van der Waals surface area contributed by atoms with Gasteiger partial charge in [-0.05, 0) is 30.7 Å². The lowest BCUT2D eigenvalue weighted by atomic mass is 10.0. The standard InChI is InChI=1S/C23H23FN2O/c1-17(26(2)16-18-9-8-12-20(24)15-18)23(27)25-22-14-7-6-13-21(22)19-10-4-3-5-11-19/h3-15,17H,16H2,1-2H3,(H,25,27)/p+1/t17-/m0/s1. The first kappa shape index (κ1) is 18.8. The zero-order valence-corrected chi connectivity index (χ0v) is 15.6. The highest BCUT2D eigenvalue weighted by Gasteiger charge is 2.23. The Kier molecular flexibility index (Phi) is 5.99. The predicted molar refractivity (Wildman–Crippen MR) is 107 cm³/mol. The third-order valence-electron chi connectivity index (χ3n) is 4.77. The Morgan fingerprint density at radius 2 is 1.70 bits per heavy atom. The maximum absolute atomic E-state index is 13.4. The summed E-state index contributed by atoms with van der Waals surface area (Å²) in [6.07, 6.45) is 0. The summed E-state index contributed by atoms with van der Waals surface area (Å²) in [5.41, 5.74) is 3.71. The minimum absolute atomic E-state index is 0.0627. The summed E-state index contributed by atoms with van der Waals surface area (Å²) in [7, 11) is 1.94. The van der Waals surface area contributed by atoms with Gasteiger partial charge < -0.3 is 10.2 Å². The molecule has 0 bridgehead atoms. The Morgan fingerprint density at radius 3 is 2.44 bits per heavy atom. The van der Waals surface area contributed by atoms with Crippen LogP contribution in [0.1, 0.15) is 12.5 Å².